The number of hydrogen-bond acceptors (Lipinski definition) is 4. The van der Waals surface area contributed by atoms with Crippen molar-refractivity contribution in [1.82, 2.24) is 10.2 Å². The quantitative estimate of drug-likeness (QED) is 0.727. The third-order valence-corrected chi connectivity index (χ3v) is 3.14. The summed E-state index contributed by atoms with van der Waals surface area (Å²) in [6.45, 7) is 6.88. The van der Waals surface area contributed by atoms with E-state index < -0.39 is 0 Å². The summed E-state index contributed by atoms with van der Waals surface area (Å²) in [6.07, 6.45) is 0. The van der Waals surface area contributed by atoms with Crippen LogP contribution in [0.4, 0.5) is 0 Å². The third-order valence-electron chi connectivity index (χ3n) is 3.14. The molecule has 0 aliphatic rings. The summed E-state index contributed by atoms with van der Waals surface area (Å²) in [5, 5.41) is 13.2. The summed E-state index contributed by atoms with van der Waals surface area (Å²) in [4.78, 5) is 2.28. The van der Waals surface area contributed by atoms with Gasteiger partial charge in [0.2, 0.25) is 0 Å². The number of phenolic OH excluding ortho intramolecular Hbond substituents is 1. The number of benzene rings is 1. The van der Waals surface area contributed by atoms with Gasteiger partial charge in [0.05, 0.1) is 7.11 Å². The first-order valence-electron chi connectivity index (χ1n) is 6.32. The van der Waals surface area contributed by atoms with E-state index in [-0.39, 0.29) is 5.75 Å². The van der Waals surface area contributed by atoms with Crippen LogP contribution in [0.1, 0.15) is 19.4 Å². The van der Waals surface area contributed by atoms with Gasteiger partial charge < -0.3 is 20.1 Å². The minimum atomic E-state index is 0.227. The summed E-state index contributed by atoms with van der Waals surface area (Å²) >= 11 is 0. The number of aromatic hydroxyl groups is 1. The van der Waals surface area contributed by atoms with Crippen LogP contribution in [0.3, 0.4) is 0 Å². The van der Waals surface area contributed by atoms with E-state index in [1.165, 1.54) is 0 Å². The van der Waals surface area contributed by atoms with Gasteiger partial charge in [-0.1, -0.05) is 12.1 Å². The second-order valence-electron chi connectivity index (χ2n) is 4.72. The second kappa shape index (κ2) is 7.24. The number of phenols is 1. The van der Waals surface area contributed by atoms with Gasteiger partial charge in [0.1, 0.15) is 0 Å². The standard InChI is InChI=1S/C14H24N2O2/c1-11(2)16(3)9-8-15-10-12-6-5-7-13(18-4)14(12)17/h5-7,11,15,17H,8-10H2,1-4H3. The van der Waals surface area contributed by atoms with Gasteiger partial charge in [-0.2, -0.15) is 0 Å². The number of methoxy groups -OCH3 is 1. The second-order valence-corrected chi connectivity index (χ2v) is 4.72. The van der Waals surface area contributed by atoms with Crippen LogP contribution in [0.5, 0.6) is 11.5 Å². The Morgan fingerprint density at radius 1 is 1.39 bits per heavy atom. The third kappa shape index (κ3) is 4.20. The van der Waals surface area contributed by atoms with E-state index in [1.807, 2.05) is 12.1 Å². The maximum Gasteiger partial charge on any atom is 0.162 e. The first-order chi connectivity index (χ1) is 8.56. The molecule has 102 valence electrons. The maximum atomic E-state index is 9.91. The predicted molar refractivity (Wildman–Crippen MR) is 74.1 cm³/mol. The maximum absolute atomic E-state index is 9.91. The molecule has 0 aromatic heterocycles. The monoisotopic (exact) mass is 252 g/mol. The first-order valence-corrected chi connectivity index (χ1v) is 6.32. The number of nitrogens with zero attached hydrogens (tertiary/aromatic N) is 1. The average molecular weight is 252 g/mol. The minimum absolute atomic E-state index is 0.227. The Balaban J connectivity index is 2.40. The van der Waals surface area contributed by atoms with E-state index in [2.05, 4.69) is 31.1 Å². The van der Waals surface area contributed by atoms with Gasteiger partial charge >= 0.3 is 0 Å². The highest BCUT2D eigenvalue weighted by Gasteiger charge is 2.07. The van der Waals surface area contributed by atoms with Crippen LogP contribution in [-0.2, 0) is 6.54 Å². The molecule has 2 N–H and O–H groups in total. The lowest BCUT2D eigenvalue weighted by Crippen LogP contribution is -2.33. The molecule has 0 amide bonds. The van der Waals surface area contributed by atoms with Crippen LogP contribution >= 0.6 is 0 Å². The number of ether oxygens (including phenoxy) is 1. The van der Waals surface area contributed by atoms with Crippen molar-refractivity contribution in [2.24, 2.45) is 0 Å². The molecular weight excluding hydrogens is 228 g/mol. The zero-order chi connectivity index (χ0) is 13.5. The fraction of sp³-hybridized carbons (Fsp3) is 0.571. The molecule has 1 aromatic rings. The smallest absolute Gasteiger partial charge is 0.162 e. The Bertz CT molecular complexity index is 367. The van der Waals surface area contributed by atoms with Gasteiger partial charge in [0, 0.05) is 31.2 Å². The zero-order valence-corrected chi connectivity index (χ0v) is 11.7. The van der Waals surface area contributed by atoms with Crippen molar-refractivity contribution >= 4 is 0 Å². The van der Waals surface area contributed by atoms with E-state index in [0.29, 0.717) is 18.3 Å². The van der Waals surface area contributed by atoms with Gasteiger partial charge in [-0.25, -0.2) is 0 Å². The number of rotatable bonds is 7. The molecule has 0 atom stereocenters. The fourth-order valence-electron chi connectivity index (χ4n) is 1.61. The van der Waals surface area contributed by atoms with Crippen molar-refractivity contribution in [3.63, 3.8) is 0 Å². The molecule has 0 bridgehead atoms. The molecule has 0 aliphatic carbocycles. The molecule has 0 saturated heterocycles. The number of likely N-dealkylation sites (N-methyl/N-ethyl adjacent to an activating group) is 1. The largest absolute Gasteiger partial charge is 0.504 e. The first kappa shape index (κ1) is 14.8. The summed E-state index contributed by atoms with van der Waals surface area (Å²) in [5.74, 6) is 0.748. The highest BCUT2D eigenvalue weighted by Crippen LogP contribution is 2.28. The molecule has 0 saturated carbocycles. The van der Waals surface area contributed by atoms with Gasteiger partial charge in [-0.05, 0) is 27.0 Å². The van der Waals surface area contributed by atoms with Crippen molar-refractivity contribution in [3.05, 3.63) is 23.8 Å². The van der Waals surface area contributed by atoms with E-state index in [9.17, 15) is 5.11 Å². The van der Waals surface area contributed by atoms with Crippen molar-refractivity contribution in [2.45, 2.75) is 26.4 Å². The Labute approximate surface area is 110 Å². The molecule has 1 aromatic carbocycles. The molecule has 4 nitrogen and oxygen atoms in total. The van der Waals surface area contributed by atoms with Crippen molar-refractivity contribution in [3.8, 4) is 11.5 Å². The Hall–Kier alpha value is -1.26. The molecule has 0 spiro atoms. The van der Waals surface area contributed by atoms with Gasteiger partial charge in [-0.3, -0.25) is 0 Å². The molecule has 0 unspecified atom stereocenters. The van der Waals surface area contributed by atoms with Crippen LogP contribution in [0.15, 0.2) is 18.2 Å². The van der Waals surface area contributed by atoms with Gasteiger partial charge in [0.15, 0.2) is 11.5 Å². The number of para-hydroxylation sites is 1. The molecule has 0 fully saturated rings. The van der Waals surface area contributed by atoms with Crippen LogP contribution in [-0.4, -0.2) is 43.3 Å². The lowest BCUT2D eigenvalue weighted by Gasteiger charge is -2.21. The SMILES string of the molecule is COc1cccc(CNCCN(C)C(C)C)c1O. The fourth-order valence-corrected chi connectivity index (χ4v) is 1.61. The van der Waals surface area contributed by atoms with Gasteiger partial charge in [0.25, 0.3) is 0 Å². The van der Waals surface area contributed by atoms with Crippen molar-refractivity contribution in [2.75, 3.05) is 27.2 Å². The van der Waals surface area contributed by atoms with E-state index >= 15 is 0 Å². The summed E-state index contributed by atoms with van der Waals surface area (Å²) < 4.78 is 5.08. The van der Waals surface area contributed by atoms with Crippen LogP contribution in [0.2, 0.25) is 0 Å². The minimum Gasteiger partial charge on any atom is -0.504 e. The van der Waals surface area contributed by atoms with E-state index in [4.69, 9.17) is 4.74 Å². The molecule has 4 heteroatoms. The lowest BCUT2D eigenvalue weighted by molar-refractivity contribution is 0.273. The molecule has 0 radical (unpaired) electrons. The summed E-state index contributed by atoms with van der Waals surface area (Å²) in [7, 11) is 3.67. The number of nitrogens with one attached hydrogen (secondary N) is 1. The molecule has 1 rings (SSSR count). The Morgan fingerprint density at radius 2 is 2.11 bits per heavy atom. The lowest BCUT2D eigenvalue weighted by atomic mass is 10.2. The normalized spacial score (nSPS) is 11.2. The number of hydrogen-bond donors (Lipinski definition) is 2. The van der Waals surface area contributed by atoms with E-state index in [0.717, 1.165) is 18.7 Å². The molecule has 0 heterocycles. The van der Waals surface area contributed by atoms with Crippen molar-refractivity contribution < 1.29 is 9.84 Å². The molecule has 0 aliphatic heterocycles. The Kier molecular flexibility index (Phi) is 5.95. The Morgan fingerprint density at radius 3 is 2.72 bits per heavy atom. The molecule has 18 heavy (non-hydrogen) atoms. The predicted octanol–water partition coefficient (Wildman–Crippen LogP) is 1.83. The summed E-state index contributed by atoms with van der Waals surface area (Å²) in [5.41, 5.74) is 0.863. The average Bonchev–Trinajstić information content (AvgIpc) is 2.35. The van der Waals surface area contributed by atoms with E-state index in [1.54, 1.807) is 13.2 Å². The van der Waals surface area contributed by atoms with Crippen LogP contribution in [0.25, 0.3) is 0 Å². The van der Waals surface area contributed by atoms with Crippen molar-refractivity contribution in [1.29, 1.82) is 0 Å². The topological polar surface area (TPSA) is 44.7 Å². The van der Waals surface area contributed by atoms with Crippen LogP contribution in [0, 0.1) is 0 Å². The highest BCUT2D eigenvalue weighted by molar-refractivity contribution is 5.45. The summed E-state index contributed by atoms with van der Waals surface area (Å²) in [6, 6.07) is 6.09. The highest BCUT2D eigenvalue weighted by atomic mass is 16.5. The van der Waals surface area contributed by atoms with Gasteiger partial charge in [-0.15, -0.1) is 0 Å². The zero-order valence-electron chi connectivity index (χ0n) is 11.7. The molecular formula is C14H24N2O2. The van der Waals surface area contributed by atoms with Crippen LogP contribution < -0.4 is 10.1 Å².